The van der Waals surface area contributed by atoms with Gasteiger partial charge in [-0.3, -0.25) is 0 Å². The molecular weight excluding hydrogens is 178 g/mol. The van der Waals surface area contributed by atoms with Crippen molar-refractivity contribution in [2.45, 2.75) is 19.4 Å². The summed E-state index contributed by atoms with van der Waals surface area (Å²) in [6.45, 7) is 2.29. The summed E-state index contributed by atoms with van der Waals surface area (Å²) in [4.78, 5) is 0. The summed E-state index contributed by atoms with van der Waals surface area (Å²) in [7, 11) is 1.63. The molecule has 0 spiro atoms. The Morgan fingerprint density at radius 1 is 1.50 bits per heavy atom. The first-order valence-corrected chi connectivity index (χ1v) is 4.69. The molecule has 0 aliphatic heterocycles. The van der Waals surface area contributed by atoms with E-state index in [4.69, 9.17) is 10.5 Å². The van der Waals surface area contributed by atoms with Gasteiger partial charge in [-0.05, 0) is 18.6 Å². The monoisotopic (exact) mass is 195 g/mol. The van der Waals surface area contributed by atoms with Crippen LogP contribution in [-0.4, -0.2) is 24.9 Å². The minimum Gasteiger partial charge on any atom is -0.496 e. The molecule has 3 heteroatoms. The molecule has 1 atom stereocenters. The van der Waals surface area contributed by atoms with Crippen molar-refractivity contribution in [2.75, 3.05) is 13.7 Å². The third-order valence-electron chi connectivity index (χ3n) is 2.16. The fourth-order valence-corrected chi connectivity index (χ4v) is 1.40. The van der Waals surface area contributed by atoms with Gasteiger partial charge in [0.15, 0.2) is 0 Å². The molecule has 14 heavy (non-hydrogen) atoms. The number of methoxy groups -OCH3 is 1. The topological polar surface area (TPSA) is 55.5 Å². The predicted octanol–water partition coefficient (Wildman–Crippen LogP) is 0.866. The number of rotatable bonds is 4. The summed E-state index contributed by atoms with van der Waals surface area (Å²) < 4.78 is 5.19. The molecule has 0 saturated carbocycles. The Morgan fingerprint density at radius 2 is 2.21 bits per heavy atom. The van der Waals surface area contributed by atoms with Gasteiger partial charge >= 0.3 is 0 Å². The number of aryl methyl sites for hydroxylation is 1. The summed E-state index contributed by atoms with van der Waals surface area (Å²) in [5.41, 5.74) is 7.52. The van der Waals surface area contributed by atoms with Crippen LogP contribution in [0.4, 0.5) is 0 Å². The first kappa shape index (κ1) is 11.0. The summed E-state index contributed by atoms with van der Waals surface area (Å²) in [5, 5.41) is 9.44. The Bertz CT molecular complexity index is 299. The highest BCUT2D eigenvalue weighted by Crippen LogP contribution is 2.20. The minimum atomic E-state index is -0.495. The molecule has 3 N–H and O–H groups in total. The molecule has 1 rings (SSSR count). The van der Waals surface area contributed by atoms with Crippen LogP contribution >= 0.6 is 0 Å². The summed E-state index contributed by atoms with van der Waals surface area (Å²) in [6, 6.07) is 5.91. The molecule has 1 aromatic rings. The number of hydrogen-bond donors (Lipinski definition) is 2. The predicted molar refractivity (Wildman–Crippen MR) is 56.5 cm³/mol. The third-order valence-corrected chi connectivity index (χ3v) is 2.16. The van der Waals surface area contributed by atoms with Gasteiger partial charge < -0.3 is 15.6 Å². The number of ether oxygens (including phenoxy) is 1. The zero-order valence-corrected chi connectivity index (χ0v) is 8.66. The molecule has 0 fully saturated rings. The molecule has 0 aliphatic rings. The average molecular weight is 195 g/mol. The summed E-state index contributed by atoms with van der Waals surface area (Å²) >= 11 is 0. The van der Waals surface area contributed by atoms with E-state index in [1.807, 2.05) is 25.1 Å². The van der Waals surface area contributed by atoms with E-state index in [1.54, 1.807) is 7.11 Å². The van der Waals surface area contributed by atoms with Gasteiger partial charge in [0, 0.05) is 13.0 Å². The second-order valence-electron chi connectivity index (χ2n) is 3.41. The third kappa shape index (κ3) is 2.72. The van der Waals surface area contributed by atoms with Gasteiger partial charge in [0.25, 0.3) is 0 Å². The molecule has 0 aromatic heterocycles. The van der Waals surface area contributed by atoms with E-state index in [9.17, 15) is 5.11 Å². The van der Waals surface area contributed by atoms with Gasteiger partial charge in [0.2, 0.25) is 0 Å². The van der Waals surface area contributed by atoms with Gasteiger partial charge in [0.05, 0.1) is 13.2 Å². The lowest BCUT2D eigenvalue weighted by molar-refractivity contribution is 0.182. The van der Waals surface area contributed by atoms with Crippen molar-refractivity contribution < 1.29 is 9.84 Å². The smallest absolute Gasteiger partial charge is 0.122 e. The maximum atomic E-state index is 9.44. The molecule has 1 unspecified atom stereocenters. The van der Waals surface area contributed by atoms with Crippen molar-refractivity contribution in [3.63, 3.8) is 0 Å². The highest BCUT2D eigenvalue weighted by Gasteiger charge is 2.08. The fraction of sp³-hybridized carbons (Fsp3) is 0.455. The maximum Gasteiger partial charge on any atom is 0.122 e. The Kier molecular flexibility index (Phi) is 3.92. The van der Waals surface area contributed by atoms with Crippen LogP contribution in [0.2, 0.25) is 0 Å². The Hall–Kier alpha value is -1.06. The molecule has 0 radical (unpaired) electrons. The van der Waals surface area contributed by atoms with Crippen molar-refractivity contribution in [2.24, 2.45) is 5.73 Å². The number of nitrogens with two attached hydrogens (primary N) is 1. The van der Waals surface area contributed by atoms with E-state index < -0.39 is 6.10 Å². The van der Waals surface area contributed by atoms with Gasteiger partial charge in [-0.25, -0.2) is 0 Å². The van der Waals surface area contributed by atoms with Crippen LogP contribution in [0.3, 0.4) is 0 Å². The highest BCUT2D eigenvalue weighted by molar-refractivity contribution is 5.37. The average Bonchev–Trinajstić information content (AvgIpc) is 2.18. The van der Waals surface area contributed by atoms with E-state index in [1.165, 1.54) is 0 Å². The molecule has 78 valence electrons. The van der Waals surface area contributed by atoms with Gasteiger partial charge in [-0.2, -0.15) is 0 Å². The van der Waals surface area contributed by atoms with Crippen LogP contribution in [0.1, 0.15) is 11.1 Å². The second-order valence-corrected chi connectivity index (χ2v) is 3.41. The molecular formula is C11H17NO2. The lowest BCUT2D eigenvalue weighted by Gasteiger charge is -2.12. The van der Waals surface area contributed by atoms with Gasteiger partial charge in [-0.15, -0.1) is 0 Å². The van der Waals surface area contributed by atoms with Crippen molar-refractivity contribution in [1.29, 1.82) is 0 Å². The molecule has 0 heterocycles. The van der Waals surface area contributed by atoms with Crippen molar-refractivity contribution >= 4 is 0 Å². The standard InChI is InChI=1S/C11H17NO2/c1-8-3-4-11(14-2)9(5-8)6-10(13)7-12/h3-5,10,13H,6-7,12H2,1-2H3. The van der Waals surface area contributed by atoms with Crippen LogP contribution < -0.4 is 10.5 Å². The molecule has 0 saturated heterocycles. The van der Waals surface area contributed by atoms with Gasteiger partial charge in [-0.1, -0.05) is 17.7 Å². The number of benzene rings is 1. The Balaban J connectivity index is 2.87. The number of hydrogen-bond acceptors (Lipinski definition) is 3. The van der Waals surface area contributed by atoms with E-state index in [-0.39, 0.29) is 6.54 Å². The molecule has 0 aliphatic carbocycles. The maximum absolute atomic E-state index is 9.44. The van der Waals surface area contributed by atoms with Crippen molar-refractivity contribution in [1.82, 2.24) is 0 Å². The highest BCUT2D eigenvalue weighted by atomic mass is 16.5. The van der Waals surface area contributed by atoms with E-state index in [2.05, 4.69) is 0 Å². The Morgan fingerprint density at radius 3 is 2.79 bits per heavy atom. The van der Waals surface area contributed by atoms with Gasteiger partial charge in [0.1, 0.15) is 5.75 Å². The van der Waals surface area contributed by atoms with E-state index in [0.29, 0.717) is 6.42 Å². The number of aliphatic hydroxyl groups is 1. The first-order chi connectivity index (χ1) is 6.67. The summed E-state index contributed by atoms with van der Waals surface area (Å²) in [5.74, 6) is 0.808. The molecule has 0 amide bonds. The largest absolute Gasteiger partial charge is 0.496 e. The van der Waals surface area contributed by atoms with E-state index >= 15 is 0 Å². The second kappa shape index (κ2) is 4.98. The van der Waals surface area contributed by atoms with Crippen LogP contribution in [0.5, 0.6) is 5.75 Å². The lowest BCUT2D eigenvalue weighted by atomic mass is 10.0. The fourth-order valence-electron chi connectivity index (χ4n) is 1.40. The SMILES string of the molecule is COc1ccc(C)cc1CC(O)CN. The normalized spacial score (nSPS) is 12.6. The van der Waals surface area contributed by atoms with Crippen molar-refractivity contribution in [3.05, 3.63) is 29.3 Å². The molecule has 3 nitrogen and oxygen atoms in total. The van der Waals surface area contributed by atoms with Crippen LogP contribution in [0.15, 0.2) is 18.2 Å². The quantitative estimate of drug-likeness (QED) is 0.749. The van der Waals surface area contributed by atoms with Crippen LogP contribution in [-0.2, 0) is 6.42 Å². The zero-order chi connectivity index (χ0) is 10.6. The van der Waals surface area contributed by atoms with Crippen LogP contribution in [0, 0.1) is 6.92 Å². The van der Waals surface area contributed by atoms with Crippen LogP contribution in [0.25, 0.3) is 0 Å². The van der Waals surface area contributed by atoms with E-state index in [0.717, 1.165) is 16.9 Å². The lowest BCUT2D eigenvalue weighted by Crippen LogP contribution is -2.22. The molecule has 0 bridgehead atoms. The zero-order valence-electron chi connectivity index (χ0n) is 8.66. The molecule has 1 aromatic carbocycles. The van der Waals surface area contributed by atoms with Crippen molar-refractivity contribution in [3.8, 4) is 5.75 Å². The first-order valence-electron chi connectivity index (χ1n) is 4.69. The number of aliphatic hydroxyl groups excluding tert-OH is 1. The minimum absolute atomic E-state index is 0.275. The summed E-state index contributed by atoms with van der Waals surface area (Å²) in [6.07, 6.45) is 0.0483. The Labute approximate surface area is 84.5 Å².